The van der Waals surface area contributed by atoms with Crippen LogP contribution in [-0.2, 0) is 11.2 Å². The molecular formula is C21H31NO3. The van der Waals surface area contributed by atoms with Crippen molar-refractivity contribution in [1.82, 2.24) is 4.90 Å². The highest BCUT2D eigenvalue weighted by molar-refractivity contribution is 5.96. The van der Waals surface area contributed by atoms with Crippen LogP contribution in [0.1, 0.15) is 61.4 Å². The average Bonchev–Trinajstić information content (AvgIpc) is 2.79. The standard InChI is InChI=1S/C21H31NO3/c1-2-24-13-14-25-19-10-11-20-18(15-19)9-6-12-22(21(20)23)16-17-7-4-3-5-8-17/h10-11,15,17H,2-9,12-14,16H2,1H3. The molecule has 1 saturated carbocycles. The maximum absolute atomic E-state index is 13.0. The number of fused-ring (bicyclic) bond motifs is 1. The lowest BCUT2D eigenvalue weighted by atomic mass is 9.89. The largest absolute Gasteiger partial charge is 0.491 e. The summed E-state index contributed by atoms with van der Waals surface area (Å²) in [6.45, 7) is 5.65. The second kappa shape index (κ2) is 9.23. The van der Waals surface area contributed by atoms with Gasteiger partial charge in [-0.15, -0.1) is 0 Å². The molecule has 1 amide bonds. The molecule has 0 atom stereocenters. The number of hydrogen-bond acceptors (Lipinski definition) is 3. The highest BCUT2D eigenvalue weighted by Gasteiger charge is 2.25. The molecule has 0 unspecified atom stereocenters. The van der Waals surface area contributed by atoms with Crippen LogP contribution in [0.15, 0.2) is 18.2 Å². The number of nitrogens with zero attached hydrogens (tertiary/aromatic N) is 1. The molecule has 25 heavy (non-hydrogen) atoms. The molecule has 138 valence electrons. The van der Waals surface area contributed by atoms with Crippen molar-refractivity contribution < 1.29 is 14.3 Å². The third kappa shape index (κ3) is 4.97. The van der Waals surface area contributed by atoms with Gasteiger partial charge in [0, 0.05) is 25.3 Å². The predicted octanol–water partition coefficient (Wildman–Crippen LogP) is 4.07. The Bertz CT molecular complexity index is 566. The molecule has 3 rings (SSSR count). The lowest BCUT2D eigenvalue weighted by Gasteiger charge is -2.29. The minimum absolute atomic E-state index is 0.207. The normalized spacial score (nSPS) is 18.8. The summed E-state index contributed by atoms with van der Waals surface area (Å²) in [6.07, 6.45) is 8.56. The van der Waals surface area contributed by atoms with E-state index < -0.39 is 0 Å². The zero-order valence-electron chi connectivity index (χ0n) is 15.5. The molecule has 2 aliphatic rings. The SMILES string of the molecule is CCOCCOc1ccc2c(c1)CCCN(CC1CCCCC1)C2=O. The van der Waals surface area contributed by atoms with Crippen molar-refractivity contribution in [2.75, 3.05) is 32.9 Å². The first kappa shape index (κ1) is 18.2. The van der Waals surface area contributed by atoms with Gasteiger partial charge in [-0.1, -0.05) is 19.3 Å². The Kier molecular flexibility index (Phi) is 6.74. The smallest absolute Gasteiger partial charge is 0.254 e. The van der Waals surface area contributed by atoms with Crippen molar-refractivity contribution in [2.24, 2.45) is 5.92 Å². The fourth-order valence-corrected chi connectivity index (χ4v) is 4.03. The van der Waals surface area contributed by atoms with Gasteiger partial charge >= 0.3 is 0 Å². The fraction of sp³-hybridized carbons (Fsp3) is 0.667. The molecule has 0 bridgehead atoms. The van der Waals surface area contributed by atoms with Gasteiger partial charge in [0.2, 0.25) is 0 Å². The van der Waals surface area contributed by atoms with Crippen molar-refractivity contribution >= 4 is 5.91 Å². The lowest BCUT2D eigenvalue weighted by Crippen LogP contribution is -2.36. The van der Waals surface area contributed by atoms with E-state index in [-0.39, 0.29) is 5.91 Å². The van der Waals surface area contributed by atoms with Crippen LogP contribution >= 0.6 is 0 Å². The Morgan fingerprint density at radius 1 is 1.12 bits per heavy atom. The van der Waals surface area contributed by atoms with E-state index >= 15 is 0 Å². The van der Waals surface area contributed by atoms with E-state index in [1.165, 1.54) is 32.1 Å². The van der Waals surface area contributed by atoms with Crippen LogP contribution < -0.4 is 4.74 Å². The van der Waals surface area contributed by atoms with Crippen molar-refractivity contribution in [1.29, 1.82) is 0 Å². The van der Waals surface area contributed by atoms with Crippen LogP contribution in [0, 0.1) is 5.92 Å². The molecule has 4 nitrogen and oxygen atoms in total. The molecule has 4 heteroatoms. The summed E-state index contributed by atoms with van der Waals surface area (Å²) in [5.41, 5.74) is 2.00. The molecule has 0 aromatic heterocycles. The van der Waals surface area contributed by atoms with E-state index in [2.05, 4.69) is 4.90 Å². The Labute approximate surface area is 151 Å². The number of carbonyl (C=O) groups is 1. The first-order chi connectivity index (χ1) is 12.3. The van der Waals surface area contributed by atoms with Crippen LogP contribution in [0.5, 0.6) is 5.75 Å². The molecule has 0 saturated heterocycles. The highest BCUT2D eigenvalue weighted by Crippen LogP contribution is 2.28. The van der Waals surface area contributed by atoms with E-state index in [0.29, 0.717) is 25.7 Å². The van der Waals surface area contributed by atoms with Crippen LogP contribution in [0.25, 0.3) is 0 Å². The summed E-state index contributed by atoms with van der Waals surface area (Å²) in [4.78, 5) is 15.1. The zero-order valence-corrected chi connectivity index (χ0v) is 15.5. The Hall–Kier alpha value is -1.55. The molecule has 1 aromatic carbocycles. The van der Waals surface area contributed by atoms with E-state index in [1.807, 2.05) is 25.1 Å². The van der Waals surface area contributed by atoms with Crippen molar-refractivity contribution in [3.8, 4) is 5.75 Å². The third-order valence-electron chi connectivity index (χ3n) is 5.37. The van der Waals surface area contributed by atoms with Crippen molar-refractivity contribution in [3.63, 3.8) is 0 Å². The van der Waals surface area contributed by atoms with Crippen LogP contribution in [0.4, 0.5) is 0 Å². The van der Waals surface area contributed by atoms with Gasteiger partial charge in [-0.3, -0.25) is 4.79 Å². The number of aryl methyl sites for hydroxylation is 1. The summed E-state index contributed by atoms with van der Waals surface area (Å²) in [7, 11) is 0. The van der Waals surface area contributed by atoms with E-state index in [4.69, 9.17) is 9.47 Å². The first-order valence-electron chi connectivity index (χ1n) is 9.90. The monoisotopic (exact) mass is 345 g/mol. The molecule has 0 radical (unpaired) electrons. The van der Waals surface area contributed by atoms with Gasteiger partial charge in [0.05, 0.1) is 6.61 Å². The lowest BCUT2D eigenvalue weighted by molar-refractivity contribution is 0.0719. The van der Waals surface area contributed by atoms with Crippen LogP contribution in [0.3, 0.4) is 0 Å². The minimum Gasteiger partial charge on any atom is -0.491 e. The molecular weight excluding hydrogens is 314 g/mol. The second-order valence-electron chi connectivity index (χ2n) is 7.22. The number of amides is 1. The zero-order chi connectivity index (χ0) is 17.5. The Balaban J connectivity index is 1.63. The van der Waals surface area contributed by atoms with E-state index in [9.17, 15) is 4.79 Å². The number of ether oxygens (including phenoxy) is 2. The molecule has 1 aromatic rings. The van der Waals surface area contributed by atoms with E-state index in [0.717, 1.165) is 42.8 Å². The molecule has 1 aliphatic heterocycles. The molecule has 0 spiro atoms. The molecule has 1 aliphatic carbocycles. The van der Waals surface area contributed by atoms with Crippen molar-refractivity contribution in [2.45, 2.75) is 51.9 Å². The fourth-order valence-electron chi connectivity index (χ4n) is 4.03. The van der Waals surface area contributed by atoms with Crippen LogP contribution in [0.2, 0.25) is 0 Å². The maximum Gasteiger partial charge on any atom is 0.254 e. The molecule has 0 N–H and O–H groups in total. The Morgan fingerprint density at radius 2 is 1.96 bits per heavy atom. The summed E-state index contributed by atoms with van der Waals surface area (Å²) in [5, 5.41) is 0. The molecule has 1 heterocycles. The van der Waals surface area contributed by atoms with Gasteiger partial charge in [0.25, 0.3) is 5.91 Å². The van der Waals surface area contributed by atoms with E-state index in [1.54, 1.807) is 0 Å². The second-order valence-corrected chi connectivity index (χ2v) is 7.22. The number of carbonyl (C=O) groups excluding carboxylic acids is 1. The average molecular weight is 345 g/mol. The van der Waals surface area contributed by atoms with Gasteiger partial charge in [0.15, 0.2) is 0 Å². The maximum atomic E-state index is 13.0. The third-order valence-corrected chi connectivity index (χ3v) is 5.37. The van der Waals surface area contributed by atoms with Gasteiger partial charge in [-0.25, -0.2) is 0 Å². The van der Waals surface area contributed by atoms with Crippen molar-refractivity contribution in [3.05, 3.63) is 29.3 Å². The topological polar surface area (TPSA) is 38.8 Å². The van der Waals surface area contributed by atoms with Gasteiger partial charge in [-0.05, 0) is 62.3 Å². The predicted molar refractivity (Wildman–Crippen MR) is 99.2 cm³/mol. The molecule has 1 fully saturated rings. The summed E-state index contributed by atoms with van der Waals surface area (Å²) in [5.74, 6) is 1.74. The number of hydrogen-bond donors (Lipinski definition) is 0. The Morgan fingerprint density at radius 3 is 2.76 bits per heavy atom. The highest BCUT2D eigenvalue weighted by atomic mass is 16.5. The number of rotatable bonds is 7. The van der Waals surface area contributed by atoms with Crippen LogP contribution in [-0.4, -0.2) is 43.7 Å². The number of benzene rings is 1. The summed E-state index contributed by atoms with van der Waals surface area (Å²) < 4.78 is 11.1. The first-order valence-corrected chi connectivity index (χ1v) is 9.90. The van der Waals surface area contributed by atoms with Gasteiger partial charge in [-0.2, -0.15) is 0 Å². The summed E-state index contributed by atoms with van der Waals surface area (Å²) in [6, 6.07) is 5.92. The van der Waals surface area contributed by atoms with Gasteiger partial charge in [0.1, 0.15) is 12.4 Å². The van der Waals surface area contributed by atoms with Gasteiger partial charge < -0.3 is 14.4 Å². The quantitative estimate of drug-likeness (QED) is 0.699. The summed E-state index contributed by atoms with van der Waals surface area (Å²) >= 11 is 0. The minimum atomic E-state index is 0.207.